The number of aliphatic hydroxyl groups is 1. The maximum absolute atomic E-state index is 11.5. The summed E-state index contributed by atoms with van der Waals surface area (Å²) in [6, 6.07) is 0. The van der Waals surface area contributed by atoms with E-state index >= 15 is 0 Å². The van der Waals surface area contributed by atoms with Crippen LogP contribution in [0.25, 0.3) is 0 Å². The lowest BCUT2D eigenvalue weighted by atomic mass is 9.52. The highest BCUT2D eigenvalue weighted by molar-refractivity contribution is 5.66. The minimum atomic E-state index is -0.443. The van der Waals surface area contributed by atoms with Crippen LogP contribution < -0.4 is 0 Å². The number of hydrogen-bond donors (Lipinski definition) is 1. The first-order valence-electron chi connectivity index (χ1n) is 8.06. The van der Waals surface area contributed by atoms with Crippen molar-refractivity contribution in [1.29, 1.82) is 0 Å². The van der Waals surface area contributed by atoms with E-state index in [9.17, 15) is 9.90 Å². The zero-order valence-corrected chi connectivity index (χ0v) is 13.6. The average Bonchev–Trinajstić information content (AvgIpc) is 3.16. The van der Waals surface area contributed by atoms with E-state index in [1.807, 2.05) is 13.0 Å². The van der Waals surface area contributed by atoms with Gasteiger partial charge in [-0.15, -0.1) is 0 Å². The Morgan fingerprint density at radius 1 is 1.41 bits per heavy atom. The van der Waals surface area contributed by atoms with Gasteiger partial charge in [0.15, 0.2) is 0 Å². The van der Waals surface area contributed by atoms with Crippen LogP contribution in [0.4, 0.5) is 0 Å². The fourth-order valence-corrected chi connectivity index (χ4v) is 5.19. The van der Waals surface area contributed by atoms with E-state index in [4.69, 9.17) is 14.2 Å². The number of esters is 1. The third kappa shape index (κ3) is 1.52. The topological polar surface area (TPSA) is 68.3 Å². The fraction of sp³-hybridized carbons (Fsp3) is 0.824. The van der Waals surface area contributed by atoms with Crippen molar-refractivity contribution in [3.05, 3.63) is 11.6 Å². The molecule has 2 aliphatic carbocycles. The Kier molecular flexibility index (Phi) is 2.76. The van der Waals surface area contributed by atoms with Crippen molar-refractivity contribution in [2.45, 2.75) is 70.6 Å². The molecule has 0 aromatic carbocycles. The van der Waals surface area contributed by atoms with E-state index in [-0.39, 0.29) is 40.7 Å². The Labute approximate surface area is 130 Å². The number of epoxide rings is 1. The highest BCUT2D eigenvalue weighted by atomic mass is 16.7. The summed E-state index contributed by atoms with van der Waals surface area (Å²) in [5.74, 6) is -0.277. The zero-order chi connectivity index (χ0) is 15.9. The first kappa shape index (κ1) is 14.7. The molecule has 0 aromatic heterocycles. The van der Waals surface area contributed by atoms with Crippen molar-refractivity contribution in [2.75, 3.05) is 6.61 Å². The van der Waals surface area contributed by atoms with E-state index in [2.05, 4.69) is 13.8 Å². The molecule has 1 spiro atoms. The molecule has 122 valence electrons. The quantitative estimate of drug-likeness (QED) is 0.452. The molecule has 4 rings (SSSR count). The minimum absolute atomic E-state index is 0.0683. The van der Waals surface area contributed by atoms with Gasteiger partial charge in [-0.3, -0.25) is 4.79 Å². The summed E-state index contributed by atoms with van der Waals surface area (Å²) in [6.07, 6.45) is 2.44. The van der Waals surface area contributed by atoms with Gasteiger partial charge in [-0.05, 0) is 25.3 Å². The summed E-state index contributed by atoms with van der Waals surface area (Å²) in [4.78, 5) is 11.5. The molecule has 0 unspecified atom stereocenters. The molecule has 1 N–H and O–H groups in total. The van der Waals surface area contributed by atoms with Crippen molar-refractivity contribution < 1.29 is 24.1 Å². The van der Waals surface area contributed by atoms with Gasteiger partial charge in [0.1, 0.15) is 17.8 Å². The molecule has 0 aromatic rings. The van der Waals surface area contributed by atoms with Crippen molar-refractivity contribution in [3.8, 4) is 0 Å². The van der Waals surface area contributed by atoms with Gasteiger partial charge in [-0.2, -0.15) is 0 Å². The molecule has 2 saturated heterocycles. The predicted octanol–water partition coefficient (Wildman–Crippen LogP) is 1.58. The molecule has 0 radical (unpaired) electrons. The second-order valence-corrected chi connectivity index (χ2v) is 7.89. The largest absolute Gasteiger partial charge is 0.460 e. The van der Waals surface area contributed by atoms with Gasteiger partial charge in [0.25, 0.3) is 0 Å². The molecular weight excluding hydrogens is 284 g/mol. The van der Waals surface area contributed by atoms with Gasteiger partial charge in [0.05, 0.1) is 18.8 Å². The highest BCUT2D eigenvalue weighted by Gasteiger charge is 2.80. The Balaban J connectivity index is 1.78. The van der Waals surface area contributed by atoms with Gasteiger partial charge in [0.2, 0.25) is 0 Å². The van der Waals surface area contributed by atoms with Gasteiger partial charge in [-0.25, -0.2) is 0 Å². The van der Waals surface area contributed by atoms with Crippen molar-refractivity contribution in [3.63, 3.8) is 0 Å². The molecule has 7 atom stereocenters. The number of carbonyl (C=O) groups is 1. The Bertz CT molecular complexity index is 565. The number of rotatable bonds is 1. The van der Waals surface area contributed by atoms with Crippen LogP contribution in [0.15, 0.2) is 11.6 Å². The number of fused-ring (bicyclic) bond motifs is 2. The number of aliphatic hydroxyl groups excluding tert-OH is 1. The highest BCUT2D eigenvalue weighted by Crippen LogP contribution is 2.71. The number of ether oxygens (including phenoxy) is 3. The van der Waals surface area contributed by atoms with Crippen molar-refractivity contribution in [1.82, 2.24) is 0 Å². The maximum atomic E-state index is 11.5. The second kappa shape index (κ2) is 4.13. The van der Waals surface area contributed by atoms with E-state index in [0.29, 0.717) is 13.0 Å². The molecule has 2 heterocycles. The van der Waals surface area contributed by atoms with Crippen LogP contribution in [0.1, 0.15) is 40.5 Å². The van der Waals surface area contributed by atoms with Gasteiger partial charge >= 0.3 is 5.97 Å². The first-order valence-corrected chi connectivity index (χ1v) is 8.06. The van der Waals surface area contributed by atoms with E-state index in [0.717, 1.165) is 12.0 Å². The molecule has 22 heavy (non-hydrogen) atoms. The smallest absolute Gasteiger partial charge is 0.302 e. The number of carbonyl (C=O) groups excluding carboxylic acids is 1. The van der Waals surface area contributed by atoms with E-state index < -0.39 is 6.10 Å². The van der Waals surface area contributed by atoms with Crippen LogP contribution in [0.3, 0.4) is 0 Å². The van der Waals surface area contributed by atoms with Crippen LogP contribution in [0.5, 0.6) is 0 Å². The summed E-state index contributed by atoms with van der Waals surface area (Å²) in [6.45, 7) is 8.42. The van der Waals surface area contributed by atoms with Gasteiger partial charge in [-0.1, -0.05) is 19.9 Å². The van der Waals surface area contributed by atoms with Crippen LogP contribution in [0.2, 0.25) is 0 Å². The Hall–Kier alpha value is -0.910. The lowest BCUT2D eigenvalue weighted by Gasteiger charge is -2.57. The maximum Gasteiger partial charge on any atom is 0.302 e. The zero-order valence-electron chi connectivity index (χ0n) is 13.6. The molecule has 1 saturated carbocycles. The molecular formula is C17H24O5. The summed E-state index contributed by atoms with van der Waals surface area (Å²) in [7, 11) is 0. The average molecular weight is 308 g/mol. The van der Waals surface area contributed by atoms with Crippen molar-refractivity contribution >= 4 is 5.97 Å². The normalized spacial score (nSPS) is 55.6. The van der Waals surface area contributed by atoms with Crippen molar-refractivity contribution in [2.24, 2.45) is 10.8 Å². The summed E-state index contributed by atoms with van der Waals surface area (Å²) >= 11 is 0. The van der Waals surface area contributed by atoms with E-state index in [1.165, 1.54) is 6.92 Å². The standard InChI is InChI=1S/C17H24O5/c1-9-5-13-15(3,6-11(9)19)16(4)7-12(21-10(2)18)14(22-13)17(16)8-20-17/h5,11-14,19H,6-8H2,1-4H3/t11-,12+,13+,14+,15-,16+,17+/m0/s1. The van der Waals surface area contributed by atoms with Crippen LogP contribution in [0, 0.1) is 10.8 Å². The summed E-state index contributed by atoms with van der Waals surface area (Å²) in [5.41, 5.74) is 0.193. The summed E-state index contributed by atoms with van der Waals surface area (Å²) < 4.78 is 17.8. The third-order valence-electron chi connectivity index (χ3n) is 6.85. The molecule has 2 aliphatic heterocycles. The Morgan fingerprint density at radius 2 is 2.09 bits per heavy atom. The first-order chi connectivity index (χ1) is 10.2. The SMILES string of the molecule is CC(=O)O[C@@H]1C[C@]2(C)[C@@]3(C)C[C@H](O)C(C)=C[C@H]3O[C@H]1[C@]21CO1. The molecule has 2 bridgehead atoms. The minimum Gasteiger partial charge on any atom is -0.460 e. The monoisotopic (exact) mass is 308 g/mol. The van der Waals surface area contributed by atoms with Crippen LogP contribution in [-0.4, -0.2) is 47.7 Å². The molecule has 0 amide bonds. The number of hydrogen-bond acceptors (Lipinski definition) is 5. The fourth-order valence-electron chi connectivity index (χ4n) is 5.19. The molecule has 5 nitrogen and oxygen atoms in total. The van der Waals surface area contributed by atoms with Crippen LogP contribution >= 0.6 is 0 Å². The molecule has 5 heteroatoms. The molecule has 3 fully saturated rings. The third-order valence-corrected chi connectivity index (χ3v) is 6.85. The van der Waals surface area contributed by atoms with Crippen LogP contribution in [-0.2, 0) is 19.0 Å². The predicted molar refractivity (Wildman–Crippen MR) is 78.1 cm³/mol. The van der Waals surface area contributed by atoms with Gasteiger partial charge in [0, 0.05) is 17.8 Å². The van der Waals surface area contributed by atoms with Gasteiger partial charge < -0.3 is 19.3 Å². The Morgan fingerprint density at radius 3 is 2.68 bits per heavy atom. The lowest BCUT2D eigenvalue weighted by molar-refractivity contribution is -0.207. The van der Waals surface area contributed by atoms with E-state index in [1.54, 1.807) is 0 Å². The lowest BCUT2D eigenvalue weighted by Crippen LogP contribution is -2.62. The summed E-state index contributed by atoms with van der Waals surface area (Å²) in [5, 5.41) is 10.4. The molecule has 4 aliphatic rings. The second-order valence-electron chi connectivity index (χ2n) is 7.89.